The molecule has 1 heterocycles. The average molecular weight is 384 g/mol. The number of hydrogen-bond donors (Lipinski definition) is 0. The maximum absolute atomic E-state index is 12.6. The van der Waals surface area contributed by atoms with Gasteiger partial charge in [-0.2, -0.15) is 0 Å². The lowest BCUT2D eigenvalue weighted by Crippen LogP contribution is -2.33. The summed E-state index contributed by atoms with van der Waals surface area (Å²) in [6.07, 6.45) is 0. The maximum Gasteiger partial charge on any atom is 0.336 e. The third-order valence-corrected chi connectivity index (χ3v) is 4.97. The fraction of sp³-hybridized carbons (Fsp3) is 0.389. The number of hydrogen-bond acceptors (Lipinski definition) is 5. The van der Waals surface area contributed by atoms with Crippen LogP contribution in [-0.2, 0) is 19.1 Å². The van der Waals surface area contributed by atoms with Crippen LogP contribution in [0.25, 0.3) is 0 Å². The topological polar surface area (TPSA) is 65.0 Å². The maximum atomic E-state index is 12.6. The Morgan fingerprint density at radius 2 is 2.04 bits per heavy atom. The summed E-state index contributed by atoms with van der Waals surface area (Å²) >= 11 is 12.6. The minimum atomic E-state index is -0.470. The number of halogens is 2. The molecular weight excluding hydrogens is 365 g/mol. The molecule has 0 aliphatic carbocycles. The molecule has 134 valence electrons. The molecule has 0 saturated heterocycles. The molecule has 1 aliphatic rings. The Morgan fingerprint density at radius 3 is 2.68 bits per heavy atom. The highest BCUT2D eigenvalue weighted by Gasteiger charge is 2.39. The Balaban J connectivity index is 2.63. The molecule has 2 rings (SSSR count). The minimum absolute atomic E-state index is 0.0720. The van der Waals surface area contributed by atoms with Crippen LogP contribution < -0.4 is 0 Å². The highest BCUT2D eigenvalue weighted by Crippen LogP contribution is 2.43. The number of ether oxygens (including phenoxy) is 2. The third kappa shape index (κ3) is 4.05. The first-order chi connectivity index (χ1) is 11.9. The number of nitrogens with zero attached hydrogens (tertiary/aromatic N) is 1. The van der Waals surface area contributed by atoms with Crippen LogP contribution in [-0.4, -0.2) is 31.4 Å². The Kier molecular flexibility index (Phi) is 6.62. The molecule has 0 aromatic heterocycles. The van der Waals surface area contributed by atoms with E-state index in [0.29, 0.717) is 33.4 Å². The van der Waals surface area contributed by atoms with Gasteiger partial charge in [0.25, 0.3) is 6.47 Å². The zero-order valence-corrected chi connectivity index (χ0v) is 15.7. The van der Waals surface area contributed by atoms with Gasteiger partial charge in [-0.15, -0.1) is 0 Å². The van der Waals surface area contributed by atoms with E-state index in [4.69, 9.17) is 32.7 Å². The standard InChI is InChI=1S/C18H19Cl2NO4/c1-4-25-18(23)15-11(3)21-10(2)13(8-24-9-22)16(15)12-6-5-7-14(19)17(12)20/h5-7,9,13,16H,4,8H2,1-3H3. The molecule has 1 aliphatic heterocycles. The number of aliphatic imine (C=N–C) groups is 1. The zero-order valence-electron chi connectivity index (χ0n) is 14.2. The lowest BCUT2D eigenvalue weighted by Gasteiger charge is -2.33. The summed E-state index contributed by atoms with van der Waals surface area (Å²) in [4.78, 5) is 27.7. The highest BCUT2D eigenvalue weighted by atomic mass is 35.5. The number of allylic oxidation sites excluding steroid dienone is 1. The number of benzene rings is 1. The normalized spacial score (nSPS) is 20.1. The van der Waals surface area contributed by atoms with Crippen molar-refractivity contribution < 1.29 is 19.1 Å². The van der Waals surface area contributed by atoms with Crippen molar-refractivity contribution in [1.29, 1.82) is 0 Å². The van der Waals surface area contributed by atoms with Crippen LogP contribution >= 0.6 is 23.2 Å². The number of carbonyl (C=O) groups excluding carboxylic acids is 2. The first-order valence-corrected chi connectivity index (χ1v) is 8.60. The fourth-order valence-electron chi connectivity index (χ4n) is 3.05. The van der Waals surface area contributed by atoms with E-state index in [2.05, 4.69) is 4.99 Å². The molecule has 1 aromatic carbocycles. The van der Waals surface area contributed by atoms with Gasteiger partial charge in [0, 0.05) is 23.2 Å². The van der Waals surface area contributed by atoms with Crippen molar-refractivity contribution in [3.63, 3.8) is 0 Å². The van der Waals surface area contributed by atoms with Crippen molar-refractivity contribution in [2.24, 2.45) is 10.9 Å². The van der Waals surface area contributed by atoms with E-state index in [-0.39, 0.29) is 19.1 Å². The molecule has 5 nitrogen and oxygen atoms in total. The molecular formula is C18H19Cl2NO4. The lowest BCUT2D eigenvalue weighted by atomic mass is 9.76. The van der Waals surface area contributed by atoms with Crippen molar-refractivity contribution in [2.75, 3.05) is 13.2 Å². The zero-order chi connectivity index (χ0) is 18.6. The molecule has 2 unspecified atom stereocenters. The molecule has 0 spiro atoms. The number of rotatable bonds is 6. The van der Waals surface area contributed by atoms with Gasteiger partial charge in [0.2, 0.25) is 0 Å². The van der Waals surface area contributed by atoms with Crippen LogP contribution in [0.1, 0.15) is 32.3 Å². The van der Waals surface area contributed by atoms with E-state index in [1.807, 2.05) is 6.92 Å². The number of carbonyl (C=O) groups is 2. The summed E-state index contributed by atoms with van der Waals surface area (Å²) in [5, 5.41) is 0.741. The van der Waals surface area contributed by atoms with Crippen molar-refractivity contribution in [2.45, 2.75) is 26.7 Å². The van der Waals surface area contributed by atoms with E-state index in [9.17, 15) is 9.59 Å². The van der Waals surface area contributed by atoms with Crippen LogP contribution in [0.5, 0.6) is 0 Å². The quantitative estimate of drug-likeness (QED) is 0.545. The summed E-state index contributed by atoms with van der Waals surface area (Å²) in [5.74, 6) is -1.28. The van der Waals surface area contributed by atoms with Crippen molar-refractivity contribution in [3.8, 4) is 0 Å². The lowest BCUT2D eigenvalue weighted by molar-refractivity contribution is -0.139. The summed E-state index contributed by atoms with van der Waals surface area (Å²) in [5.41, 5.74) is 2.37. The van der Waals surface area contributed by atoms with Crippen molar-refractivity contribution in [3.05, 3.63) is 45.1 Å². The summed E-state index contributed by atoms with van der Waals surface area (Å²) in [6.45, 7) is 6.00. The van der Waals surface area contributed by atoms with Gasteiger partial charge in [-0.3, -0.25) is 9.79 Å². The highest BCUT2D eigenvalue weighted by molar-refractivity contribution is 6.42. The second-order valence-corrected chi connectivity index (χ2v) is 6.41. The van der Waals surface area contributed by atoms with Crippen LogP contribution in [0.15, 0.2) is 34.5 Å². The van der Waals surface area contributed by atoms with E-state index in [0.717, 1.165) is 5.71 Å². The summed E-state index contributed by atoms with van der Waals surface area (Å²) < 4.78 is 10.2. The minimum Gasteiger partial charge on any atom is -0.467 e. The van der Waals surface area contributed by atoms with E-state index in [1.54, 1.807) is 32.0 Å². The fourth-order valence-corrected chi connectivity index (χ4v) is 3.48. The van der Waals surface area contributed by atoms with Crippen molar-refractivity contribution in [1.82, 2.24) is 0 Å². The SMILES string of the molecule is CCOC(=O)C1=C(C)N=C(C)C(COC=O)C1c1cccc(Cl)c1Cl. The predicted octanol–water partition coefficient (Wildman–Crippen LogP) is 4.18. The van der Waals surface area contributed by atoms with E-state index >= 15 is 0 Å². The Bertz CT molecular complexity index is 743. The number of esters is 1. The van der Waals surface area contributed by atoms with Gasteiger partial charge in [-0.05, 0) is 32.4 Å². The van der Waals surface area contributed by atoms with Crippen LogP contribution in [0.3, 0.4) is 0 Å². The Morgan fingerprint density at radius 1 is 1.32 bits per heavy atom. The van der Waals surface area contributed by atoms with Gasteiger partial charge in [0.15, 0.2) is 0 Å². The summed E-state index contributed by atoms with van der Waals surface area (Å²) in [7, 11) is 0. The van der Waals surface area contributed by atoms with Gasteiger partial charge in [0.05, 0.1) is 28.8 Å². The largest absolute Gasteiger partial charge is 0.467 e. The summed E-state index contributed by atoms with van der Waals surface area (Å²) in [6, 6.07) is 5.24. The molecule has 0 N–H and O–H groups in total. The van der Waals surface area contributed by atoms with Gasteiger partial charge in [-0.1, -0.05) is 35.3 Å². The molecule has 1 aromatic rings. The second-order valence-electron chi connectivity index (χ2n) is 5.63. The molecule has 0 radical (unpaired) electrons. The van der Waals surface area contributed by atoms with Crippen molar-refractivity contribution >= 4 is 41.4 Å². The molecule has 2 atom stereocenters. The van der Waals surface area contributed by atoms with Crippen LogP contribution in [0.2, 0.25) is 10.0 Å². The van der Waals surface area contributed by atoms with Crippen LogP contribution in [0, 0.1) is 5.92 Å². The van der Waals surface area contributed by atoms with Crippen LogP contribution in [0.4, 0.5) is 0 Å². The molecule has 0 bridgehead atoms. The third-order valence-electron chi connectivity index (χ3n) is 4.14. The molecule has 0 amide bonds. The van der Waals surface area contributed by atoms with Gasteiger partial charge in [-0.25, -0.2) is 4.79 Å². The van der Waals surface area contributed by atoms with E-state index in [1.165, 1.54) is 0 Å². The average Bonchev–Trinajstić information content (AvgIpc) is 2.56. The first kappa shape index (κ1) is 19.5. The van der Waals surface area contributed by atoms with Gasteiger partial charge in [0.1, 0.15) is 0 Å². The molecule has 7 heteroatoms. The van der Waals surface area contributed by atoms with E-state index < -0.39 is 11.9 Å². The molecule has 25 heavy (non-hydrogen) atoms. The van der Waals surface area contributed by atoms with Gasteiger partial charge < -0.3 is 9.47 Å². The smallest absolute Gasteiger partial charge is 0.336 e. The predicted molar refractivity (Wildman–Crippen MR) is 97.2 cm³/mol. The second kappa shape index (κ2) is 8.50. The first-order valence-electron chi connectivity index (χ1n) is 7.84. The Labute approximate surface area is 156 Å². The Hall–Kier alpha value is -1.85. The monoisotopic (exact) mass is 383 g/mol. The van der Waals surface area contributed by atoms with Gasteiger partial charge >= 0.3 is 5.97 Å². The molecule has 0 saturated carbocycles. The molecule has 0 fully saturated rings.